The maximum absolute atomic E-state index is 12.9. The number of unbranched alkanes of at least 4 members (excludes halogenated alkanes) is 28. The largest absolute Gasteiger partial charge is 0.462 e. The zero-order valence-electron chi connectivity index (χ0n) is 47.9. The van der Waals surface area contributed by atoms with Crippen LogP contribution in [0.3, 0.4) is 0 Å². The molecule has 1 unspecified atom stereocenters. The first kappa shape index (κ1) is 69.3. The molecule has 6 nitrogen and oxygen atoms in total. The lowest BCUT2D eigenvalue weighted by Crippen LogP contribution is -2.30. The normalized spacial score (nSPS) is 12.8. The number of esters is 3. The summed E-state index contributed by atoms with van der Waals surface area (Å²) in [6.07, 6.45) is 81.1. The van der Waals surface area contributed by atoms with E-state index >= 15 is 0 Å². The number of hydrogen-bond donors (Lipinski definition) is 0. The van der Waals surface area contributed by atoms with Crippen LogP contribution in [0.2, 0.25) is 0 Å². The summed E-state index contributed by atoms with van der Waals surface area (Å²) >= 11 is 0. The molecule has 0 saturated heterocycles. The molecule has 0 spiro atoms. The van der Waals surface area contributed by atoms with Crippen LogP contribution in [0.1, 0.15) is 290 Å². The molecular formula is C67H114O6. The first-order valence-corrected chi connectivity index (χ1v) is 30.7. The molecule has 0 aliphatic rings. The summed E-state index contributed by atoms with van der Waals surface area (Å²) in [6.45, 7) is 6.50. The summed E-state index contributed by atoms with van der Waals surface area (Å²) in [5.74, 6) is -0.899. The molecule has 0 aromatic rings. The van der Waals surface area contributed by atoms with Gasteiger partial charge < -0.3 is 14.2 Å². The van der Waals surface area contributed by atoms with E-state index in [4.69, 9.17) is 14.2 Å². The molecule has 0 fully saturated rings. The number of allylic oxidation sites excluding steroid dienone is 16. The number of carbonyl (C=O) groups excluding carboxylic acids is 3. The Labute approximate surface area is 451 Å². The van der Waals surface area contributed by atoms with E-state index in [-0.39, 0.29) is 31.1 Å². The topological polar surface area (TPSA) is 78.9 Å². The molecule has 6 heteroatoms. The van der Waals surface area contributed by atoms with Crippen molar-refractivity contribution in [1.29, 1.82) is 0 Å². The molecule has 0 radical (unpaired) electrons. The molecule has 0 N–H and O–H groups in total. The molecule has 0 aliphatic carbocycles. The third-order valence-corrected chi connectivity index (χ3v) is 13.1. The van der Waals surface area contributed by atoms with Crippen LogP contribution >= 0.6 is 0 Å². The lowest BCUT2D eigenvalue weighted by Gasteiger charge is -2.18. The Balaban J connectivity index is 4.32. The molecule has 0 amide bonds. The lowest BCUT2D eigenvalue weighted by atomic mass is 10.0. The van der Waals surface area contributed by atoms with E-state index in [1.165, 1.54) is 122 Å². The summed E-state index contributed by atoms with van der Waals surface area (Å²) in [4.78, 5) is 38.2. The van der Waals surface area contributed by atoms with Crippen LogP contribution < -0.4 is 0 Å². The monoisotopic (exact) mass is 1010 g/mol. The van der Waals surface area contributed by atoms with Gasteiger partial charge in [-0.3, -0.25) is 14.4 Å². The van der Waals surface area contributed by atoms with Crippen molar-refractivity contribution in [1.82, 2.24) is 0 Å². The Morgan fingerprint density at radius 1 is 0.288 bits per heavy atom. The molecule has 73 heavy (non-hydrogen) atoms. The Hall–Kier alpha value is -3.67. The Bertz CT molecular complexity index is 1440. The zero-order chi connectivity index (χ0) is 52.9. The van der Waals surface area contributed by atoms with Crippen molar-refractivity contribution in [3.05, 3.63) is 97.2 Å². The van der Waals surface area contributed by atoms with Crippen molar-refractivity contribution in [3.8, 4) is 0 Å². The summed E-state index contributed by atoms with van der Waals surface area (Å²) in [5.41, 5.74) is 0. The number of hydrogen-bond acceptors (Lipinski definition) is 6. The van der Waals surface area contributed by atoms with Crippen LogP contribution in [0, 0.1) is 0 Å². The van der Waals surface area contributed by atoms with E-state index in [9.17, 15) is 14.4 Å². The van der Waals surface area contributed by atoms with Crippen molar-refractivity contribution >= 4 is 17.9 Å². The van der Waals surface area contributed by atoms with E-state index in [1.54, 1.807) is 0 Å². The SMILES string of the molecule is CC/C=C\C/C=C\C/C=C\C/C=C\C/C=C\C/C=C\CCCCCCCCCCC(=O)OCC(COC(=O)CCCCCCCCCCCCCCC)OC(=O)CCCCCCC/C=C\C/C=C\CCCCC. The van der Waals surface area contributed by atoms with Crippen LogP contribution in [-0.4, -0.2) is 37.2 Å². The molecule has 0 rings (SSSR count). The van der Waals surface area contributed by atoms with Crippen molar-refractivity contribution in [2.75, 3.05) is 13.2 Å². The van der Waals surface area contributed by atoms with Crippen molar-refractivity contribution in [2.45, 2.75) is 297 Å². The molecule has 0 aliphatic heterocycles. The van der Waals surface area contributed by atoms with E-state index < -0.39 is 6.10 Å². The van der Waals surface area contributed by atoms with Crippen molar-refractivity contribution in [2.24, 2.45) is 0 Å². The first-order valence-electron chi connectivity index (χ1n) is 30.7. The smallest absolute Gasteiger partial charge is 0.306 e. The van der Waals surface area contributed by atoms with Crippen molar-refractivity contribution < 1.29 is 28.6 Å². The van der Waals surface area contributed by atoms with Gasteiger partial charge in [-0.15, -0.1) is 0 Å². The highest BCUT2D eigenvalue weighted by Gasteiger charge is 2.19. The van der Waals surface area contributed by atoms with Gasteiger partial charge in [-0.1, -0.05) is 266 Å². The van der Waals surface area contributed by atoms with Gasteiger partial charge in [0.15, 0.2) is 6.10 Å². The standard InChI is InChI=1S/C67H114O6/c1-4-7-10-13-16-19-22-25-27-28-29-30-31-32-33-34-35-36-37-38-40-42-45-48-51-54-57-60-66(69)72-63-64(62-71-65(68)59-56-53-50-47-44-41-24-21-18-15-12-9-6-3)73-67(70)61-58-55-52-49-46-43-39-26-23-20-17-14-11-8-5-2/h7,10,16-17,19-20,25-27,29-30,32-33,35-36,39,64H,4-6,8-9,11-15,18,21-24,28,31,34,37-38,40-63H2,1-3H3/b10-7-,19-16-,20-17-,27-25-,30-29-,33-32-,36-35-,39-26-. The maximum Gasteiger partial charge on any atom is 0.306 e. The van der Waals surface area contributed by atoms with Gasteiger partial charge in [0.05, 0.1) is 0 Å². The lowest BCUT2D eigenvalue weighted by molar-refractivity contribution is -0.167. The van der Waals surface area contributed by atoms with Crippen LogP contribution in [0.15, 0.2) is 97.2 Å². The van der Waals surface area contributed by atoms with Gasteiger partial charge in [-0.05, 0) is 103 Å². The zero-order valence-corrected chi connectivity index (χ0v) is 47.9. The highest BCUT2D eigenvalue weighted by molar-refractivity contribution is 5.71. The van der Waals surface area contributed by atoms with E-state index in [0.29, 0.717) is 19.3 Å². The Morgan fingerprint density at radius 3 is 0.863 bits per heavy atom. The van der Waals surface area contributed by atoms with Gasteiger partial charge in [0.2, 0.25) is 0 Å². The Kier molecular flexibility index (Phi) is 57.8. The van der Waals surface area contributed by atoms with Crippen LogP contribution in [0.25, 0.3) is 0 Å². The molecular weight excluding hydrogens is 901 g/mol. The average molecular weight is 1020 g/mol. The van der Waals surface area contributed by atoms with Gasteiger partial charge in [-0.2, -0.15) is 0 Å². The fourth-order valence-corrected chi connectivity index (χ4v) is 8.48. The molecule has 0 bridgehead atoms. The number of carbonyl (C=O) groups is 3. The van der Waals surface area contributed by atoms with Crippen LogP contribution in [-0.2, 0) is 28.6 Å². The third-order valence-electron chi connectivity index (χ3n) is 13.1. The van der Waals surface area contributed by atoms with E-state index in [0.717, 1.165) is 128 Å². The van der Waals surface area contributed by atoms with Gasteiger partial charge in [0.25, 0.3) is 0 Å². The van der Waals surface area contributed by atoms with Crippen LogP contribution in [0.4, 0.5) is 0 Å². The number of rotatable bonds is 55. The fraction of sp³-hybridized carbons (Fsp3) is 0.716. The van der Waals surface area contributed by atoms with Crippen molar-refractivity contribution in [3.63, 3.8) is 0 Å². The molecule has 1 atom stereocenters. The molecule has 0 heterocycles. The predicted octanol–water partition coefficient (Wildman–Crippen LogP) is 20.9. The average Bonchev–Trinajstić information content (AvgIpc) is 3.39. The third kappa shape index (κ3) is 59.1. The van der Waals surface area contributed by atoms with Crippen LogP contribution in [0.5, 0.6) is 0 Å². The summed E-state index contributed by atoms with van der Waals surface area (Å²) < 4.78 is 16.9. The van der Waals surface area contributed by atoms with Gasteiger partial charge in [0, 0.05) is 19.3 Å². The summed E-state index contributed by atoms with van der Waals surface area (Å²) in [5, 5.41) is 0. The van der Waals surface area contributed by atoms with Gasteiger partial charge in [-0.25, -0.2) is 0 Å². The quantitative estimate of drug-likeness (QED) is 0.0261. The van der Waals surface area contributed by atoms with E-state index in [1.807, 2.05) is 0 Å². The highest BCUT2D eigenvalue weighted by atomic mass is 16.6. The number of ether oxygens (including phenoxy) is 3. The fourth-order valence-electron chi connectivity index (χ4n) is 8.48. The van der Waals surface area contributed by atoms with Gasteiger partial charge >= 0.3 is 17.9 Å². The molecule has 0 aromatic carbocycles. The second-order valence-corrected chi connectivity index (χ2v) is 20.2. The second kappa shape index (κ2) is 60.9. The highest BCUT2D eigenvalue weighted by Crippen LogP contribution is 2.16. The second-order valence-electron chi connectivity index (χ2n) is 20.2. The minimum absolute atomic E-state index is 0.0835. The molecule has 0 aromatic heterocycles. The first-order chi connectivity index (χ1) is 36.0. The van der Waals surface area contributed by atoms with E-state index in [2.05, 4.69) is 118 Å². The minimum atomic E-state index is -0.788. The minimum Gasteiger partial charge on any atom is -0.462 e. The molecule has 418 valence electrons. The predicted molar refractivity (Wildman–Crippen MR) is 316 cm³/mol. The Morgan fingerprint density at radius 2 is 0.534 bits per heavy atom. The summed E-state index contributed by atoms with van der Waals surface area (Å²) in [6, 6.07) is 0. The maximum atomic E-state index is 12.9. The van der Waals surface area contributed by atoms with Gasteiger partial charge in [0.1, 0.15) is 13.2 Å². The summed E-state index contributed by atoms with van der Waals surface area (Å²) in [7, 11) is 0. The molecule has 0 saturated carbocycles.